The van der Waals surface area contributed by atoms with Gasteiger partial charge in [-0.25, -0.2) is 4.98 Å². The Bertz CT molecular complexity index is 499. The number of hydrogen-bond donors (Lipinski definition) is 1. The Kier molecular flexibility index (Phi) is 6.74. The van der Waals surface area contributed by atoms with Crippen LogP contribution >= 0.6 is 11.8 Å². The Labute approximate surface area is 138 Å². The van der Waals surface area contributed by atoms with Crippen molar-refractivity contribution in [2.45, 2.75) is 49.7 Å². The van der Waals surface area contributed by atoms with Gasteiger partial charge in [0.25, 0.3) is 0 Å². The monoisotopic (exact) mass is 346 g/mol. The summed E-state index contributed by atoms with van der Waals surface area (Å²) in [7, 11) is 0. The van der Waals surface area contributed by atoms with Gasteiger partial charge >= 0.3 is 6.18 Å². The van der Waals surface area contributed by atoms with Crippen LogP contribution in [0.2, 0.25) is 0 Å². The van der Waals surface area contributed by atoms with Crippen molar-refractivity contribution in [2.75, 3.05) is 12.3 Å². The quantitative estimate of drug-likeness (QED) is 0.592. The Balaban J connectivity index is 1.62. The fraction of sp³-hybridized carbons (Fsp3) is 0.625. The number of nitrogens with zero attached hydrogens (tertiary/aromatic N) is 1. The maximum atomic E-state index is 12.4. The van der Waals surface area contributed by atoms with Crippen LogP contribution in [-0.4, -0.2) is 23.2 Å². The van der Waals surface area contributed by atoms with Gasteiger partial charge in [0, 0.05) is 12.7 Å². The molecule has 1 aliphatic rings. The summed E-state index contributed by atoms with van der Waals surface area (Å²) in [6, 6.07) is 2.27. The van der Waals surface area contributed by atoms with E-state index in [4.69, 9.17) is 0 Å². The Morgan fingerprint density at radius 2 is 2.04 bits per heavy atom. The van der Waals surface area contributed by atoms with Crippen LogP contribution in [0.3, 0.4) is 0 Å². The standard InChI is InChI=1S/C16H21F3N2OS/c17-16(18,19)13-7-8-15(21-10-13)23-11-14(22)20-9-3-6-12-4-1-2-5-12/h7-8,10,12H,1-6,9,11H2,(H,20,22). The van der Waals surface area contributed by atoms with E-state index >= 15 is 0 Å². The Hall–Kier alpha value is -1.24. The first-order valence-electron chi connectivity index (χ1n) is 7.88. The minimum atomic E-state index is -4.38. The highest BCUT2D eigenvalue weighted by Crippen LogP contribution is 2.29. The van der Waals surface area contributed by atoms with Crippen molar-refractivity contribution in [1.82, 2.24) is 10.3 Å². The molecule has 1 aromatic heterocycles. The van der Waals surface area contributed by atoms with Gasteiger partial charge < -0.3 is 5.32 Å². The molecule has 3 nitrogen and oxygen atoms in total. The zero-order valence-electron chi connectivity index (χ0n) is 12.9. The van der Waals surface area contributed by atoms with Crippen LogP contribution < -0.4 is 5.32 Å². The minimum absolute atomic E-state index is 0.108. The summed E-state index contributed by atoms with van der Waals surface area (Å²) in [6.45, 7) is 0.663. The molecular formula is C16H21F3N2OS. The molecular weight excluding hydrogens is 325 g/mol. The van der Waals surface area contributed by atoms with Gasteiger partial charge in [0.2, 0.25) is 5.91 Å². The van der Waals surface area contributed by atoms with Crippen molar-refractivity contribution in [1.29, 1.82) is 0 Å². The average Bonchev–Trinajstić information content (AvgIpc) is 3.02. The summed E-state index contributed by atoms with van der Waals surface area (Å²) in [6.07, 6.45) is 3.83. The van der Waals surface area contributed by atoms with E-state index in [1.165, 1.54) is 31.7 Å². The van der Waals surface area contributed by atoms with E-state index in [1.54, 1.807) is 0 Å². The predicted octanol–water partition coefficient (Wildman–Crippen LogP) is 4.28. The number of halogens is 3. The van der Waals surface area contributed by atoms with Gasteiger partial charge in [0.1, 0.15) is 0 Å². The Morgan fingerprint density at radius 1 is 1.30 bits per heavy atom. The van der Waals surface area contributed by atoms with Crippen molar-refractivity contribution in [3.8, 4) is 0 Å². The highest BCUT2D eigenvalue weighted by Gasteiger charge is 2.30. The molecule has 1 aliphatic carbocycles. The molecule has 23 heavy (non-hydrogen) atoms. The molecule has 128 valence electrons. The molecule has 0 saturated heterocycles. The second-order valence-corrected chi connectivity index (χ2v) is 6.81. The number of amides is 1. The van der Waals surface area contributed by atoms with Gasteiger partial charge in [-0.2, -0.15) is 13.2 Å². The van der Waals surface area contributed by atoms with Crippen molar-refractivity contribution < 1.29 is 18.0 Å². The van der Waals surface area contributed by atoms with E-state index in [9.17, 15) is 18.0 Å². The largest absolute Gasteiger partial charge is 0.417 e. The summed E-state index contributed by atoms with van der Waals surface area (Å²) >= 11 is 1.14. The van der Waals surface area contributed by atoms with Gasteiger partial charge in [0.05, 0.1) is 16.3 Å². The summed E-state index contributed by atoms with van der Waals surface area (Å²) in [5.74, 6) is 0.877. The normalized spacial score (nSPS) is 15.8. The van der Waals surface area contributed by atoms with Crippen LogP contribution in [0.1, 0.15) is 44.1 Å². The third-order valence-corrected chi connectivity index (χ3v) is 4.94. The van der Waals surface area contributed by atoms with Gasteiger partial charge in [-0.1, -0.05) is 37.4 Å². The third kappa shape index (κ3) is 6.41. The van der Waals surface area contributed by atoms with Crippen LogP contribution in [-0.2, 0) is 11.0 Å². The highest BCUT2D eigenvalue weighted by molar-refractivity contribution is 7.99. The number of carbonyl (C=O) groups excluding carboxylic acids is 1. The Morgan fingerprint density at radius 3 is 2.65 bits per heavy atom. The van der Waals surface area contributed by atoms with Crippen LogP contribution in [0.5, 0.6) is 0 Å². The molecule has 1 aromatic rings. The lowest BCUT2D eigenvalue weighted by atomic mass is 10.0. The molecule has 1 N–H and O–H groups in total. The van der Waals surface area contributed by atoms with E-state index in [-0.39, 0.29) is 11.7 Å². The van der Waals surface area contributed by atoms with Crippen LogP contribution in [0.15, 0.2) is 23.4 Å². The zero-order chi connectivity index (χ0) is 16.7. The molecule has 0 bridgehead atoms. The van der Waals surface area contributed by atoms with Crippen molar-refractivity contribution in [3.63, 3.8) is 0 Å². The van der Waals surface area contributed by atoms with Crippen molar-refractivity contribution >= 4 is 17.7 Å². The number of carbonyl (C=O) groups is 1. The molecule has 0 atom stereocenters. The first kappa shape index (κ1) is 18.1. The highest BCUT2D eigenvalue weighted by atomic mass is 32.2. The summed E-state index contributed by atoms with van der Waals surface area (Å²) in [4.78, 5) is 15.4. The van der Waals surface area contributed by atoms with E-state index in [0.29, 0.717) is 11.6 Å². The number of pyridine rings is 1. The number of alkyl halides is 3. The van der Waals surface area contributed by atoms with E-state index in [1.807, 2.05) is 0 Å². The minimum Gasteiger partial charge on any atom is -0.355 e. The lowest BCUT2D eigenvalue weighted by Gasteiger charge is -2.09. The van der Waals surface area contributed by atoms with Crippen LogP contribution in [0.25, 0.3) is 0 Å². The second-order valence-electron chi connectivity index (χ2n) is 5.81. The fourth-order valence-corrected chi connectivity index (χ4v) is 3.41. The fourth-order valence-electron chi connectivity index (χ4n) is 2.74. The van der Waals surface area contributed by atoms with Gasteiger partial charge in [0.15, 0.2) is 0 Å². The SMILES string of the molecule is O=C(CSc1ccc(C(F)(F)F)cn1)NCCCC1CCCC1. The first-order chi connectivity index (χ1) is 10.9. The van der Waals surface area contributed by atoms with Gasteiger partial charge in [-0.3, -0.25) is 4.79 Å². The molecule has 1 fully saturated rings. The zero-order valence-corrected chi connectivity index (χ0v) is 13.7. The lowest BCUT2D eigenvalue weighted by molar-refractivity contribution is -0.137. The molecule has 7 heteroatoms. The van der Waals surface area contributed by atoms with Crippen LogP contribution in [0, 0.1) is 5.92 Å². The molecule has 0 unspecified atom stereocenters. The molecule has 0 aliphatic heterocycles. The van der Waals surface area contributed by atoms with E-state index < -0.39 is 11.7 Å². The second kappa shape index (κ2) is 8.57. The molecule has 0 aromatic carbocycles. The first-order valence-corrected chi connectivity index (χ1v) is 8.86. The summed E-state index contributed by atoms with van der Waals surface area (Å²) < 4.78 is 37.2. The number of aromatic nitrogens is 1. The van der Waals surface area contributed by atoms with Gasteiger partial charge in [-0.15, -0.1) is 0 Å². The molecule has 1 heterocycles. The number of rotatable bonds is 7. The maximum absolute atomic E-state index is 12.4. The number of thioether (sulfide) groups is 1. The summed E-state index contributed by atoms with van der Waals surface area (Å²) in [5, 5.41) is 3.26. The van der Waals surface area contributed by atoms with Gasteiger partial charge in [-0.05, 0) is 30.9 Å². The van der Waals surface area contributed by atoms with E-state index in [0.717, 1.165) is 42.8 Å². The van der Waals surface area contributed by atoms with Crippen molar-refractivity contribution in [3.05, 3.63) is 23.9 Å². The molecule has 2 rings (SSSR count). The summed E-state index contributed by atoms with van der Waals surface area (Å²) in [5.41, 5.74) is -0.779. The molecule has 0 radical (unpaired) electrons. The molecule has 0 spiro atoms. The number of nitrogens with one attached hydrogen (secondary N) is 1. The topological polar surface area (TPSA) is 42.0 Å². The maximum Gasteiger partial charge on any atom is 0.417 e. The smallest absolute Gasteiger partial charge is 0.355 e. The van der Waals surface area contributed by atoms with E-state index in [2.05, 4.69) is 10.3 Å². The predicted molar refractivity (Wildman–Crippen MR) is 84.2 cm³/mol. The number of hydrogen-bond acceptors (Lipinski definition) is 3. The average molecular weight is 346 g/mol. The third-order valence-electron chi connectivity index (χ3n) is 4.00. The molecule has 1 amide bonds. The molecule has 1 saturated carbocycles. The lowest BCUT2D eigenvalue weighted by Crippen LogP contribution is -2.26. The van der Waals surface area contributed by atoms with Crippen LogP contribution in [0.4, 0.5) is 13.2 Å². The van der Waals surface area contributed by atoms with Crippen molar-refractivity contribution in [2.24, 2.45) is 5.92 Å².